The summed E-state index contributed by atoms with van der Waals surface area (Å²) in [7, 11) is 0. The molecule has 20 heavy (non-hydrogen) atoms. The number of hydrogen-bond donors (Lipinski definition) is 1. The molecule has 2 aromatic rings. The third-order valence-corrected chi connectivity index (χ3v) is 5.14. The average molecular weight is 395 g/mol. The molecule has 0 aromatic heterocycles. The summed E-state index contributed by atoms with van der Waals surface area (Å²) in [5.74, 6) is 1.16. The molecule has 1 aliphatic heterocycles. The third-order valence-electron chi connectivity index (χ3n) is 4.08. The van der Waals surface area contributed by atoms with Crippen molar-refractivity contribution < 1.29 is 0 Å². The van der Waals surface area contributed by atoms with Gasteiger partial charge in [0, 0.05) is 21.4 Å². The molecule has 0 bridgehead atoms. The van der Waals surface area contributed by atoms with E-state index in [2.05, 4.69) is 85.7 Å². The first-order valence-corrected chi connectivity index (χ1v) is 8.54. The highest BCUT2D eigenvalue weighted by molar-refractivity contribution is 9.10. The fraction of sp³-hybridized carbons (Fsp3) is 0.294. The molecule has 3 heteroatoms. The van der Waals surface area contributed by atoms with Crippen LogP contribution in [0, 0.1) is 0 Å². The van der Waals surface area contributed by atoms with Crippen LogP contribution in [0.1, 0.15) is 29.4 Å². The summed E-state index contributed by atoms with van der Waals surface area (Å²) < 4.78 is 2.29. The van der Waals surface area contributed by atoms with Crippen LogP contribution in [0.15, 0.2) is 57.5 Å². The Morgan fingerprint density at radius 3 is 1.80 bits per heavy atom. The minimum absolute atomic E-state index is 0.554. The minimum Gasteiger partial charge on any atom is -0.316 e. The molecule has 0 saturated carbocycles. The first-order chi connectivity index (χ1) is 9.74. The molecule has 1 saturated heterocycles. The third kappa shape index (κ3) is 3.16. The molecule has 104 valence electrons. The van der Waals surface area contributed by atoms with Crippen molar-refractivity contribution in [3.63, 3.8) is 0 Å². The second-order valence-corrected chi connectivity index (χ2v) is 7.14. The van der Waals surface area contributed by atoms with Crippen LogP contribution in [-0.2, 0) is 0 Å². The van der Waals surface area contributed by atoms with E-state index in [0.717, 1.165) is 22.0 Å². The van der Waals surface area contributed by atoms with Gasteiger partial charge in [-0.05, 0) is 54.3 Å². The van der Waals surface area contributed by atoms with Crippen LogP contribution in [-0.4, -0.2) is 13.1 Å². The maximum Gasteiger partial charge on any atom is 0.0175 e. The van der Waals surface area contributed by atoms with E-state index in [-0.39, 0.29) is 0 Å². The molecule has 1 heterocycles. The first kappa shape index (κ1) is 14.3. The molecule has 0 spiro atoms. The Hall–Kier alpha value is -0.640. The lowest BCUT2D eigenvalue weighted by Crippen LogP contribution is -2.34. The van der Waals surface area contributed by atoms with Crippen LogP contribution in [0.5, 0.6) is 0 Å². The Morgan fingerprint density at radius 1 is 0.750 bits per heavy atom. The number of nitrogens with one attached hydrogen (secondary N) is 1. The van der Waals surface area contributed by atoms with E-state index in [9.17, 15) is 0 Å². The van der Waals surface area contributed by atoms with E-state index in [1.54, 1.807) is 0 Å². The zero-order valence-corrected chi connectivity index (χ0v) is 14.3. The lowest BCUT2D eigenvalue weighted by atomic mass is 9.77. The van der Waals surface area contributed by atoms with E-state index < -0.39 is 0 Å². The predicted molar refractivity (Wildman–Crippen MR) is 91.3 cm³/mol. The highest BCUT2D eigenvalue weighted by Gasteiger charge is 2.27. The first-order valence-electron chi connectivity index (χ1n) is 6.95. The summed E-state index contributed by atoms with van der Waals surface area (Å²) in [5.41, 5.74) is 2.87. The normalized spacial score (nSPS) is 22.7. The molecule has 1 nitrogen and oxygen atoms in total. The summed E-state index contributed by atoms with van der Waals surface area (Å²) in [6.07, 6.45) is 1.20. The van der Waals surface area contributed by atoms with Crippen molar-refractivity contribution in [2.45, 2.75) is 18.3 Å². The van der Waals surface area contributed by atoms with Crippen LogP contribution in [0.3, 0.4) is 0 Å². The second kappa shape index (κ2) is 6.42. The van der Waals surface area contributed by atoms with Crippen LogP contribution in [0.2, 0.25) is 0 Å². The van der Waals surface area contributed by atoms with Crippen LogP contribution in [0.25, 0.3) is 0 Å². The number of halogens is 2. The smallest absolute Gasteiger partial charge is 0.0175 e. The van der Waals surface area contributed by atoms with Crippen molar-refractivity contribution in [2.75, 3.05) is 13.1 Å². The van der Waals surface area contributed by atoms with Crippen molar-refractivity contribution in [3.05, 3.63) is 68.6 Å². The van der Waals surface area contributed by atoms with E-state index in [4.69, 9.17) is 0 Å². The van der Waals surface area contributed by atoms with Gasteiger partial charge < -0.3 is 5.32 Å². The molecule has 0 aliphatic carbocycles. The topological polar surface area (TPSA) is 12.0 Å². The molecule has 3 rings (SSSR count). The summed E-state index contributed by atoms with van der Waals surface area (Å²) in [6, 6.07) is 17.6. The van der Waals surface area contributed by atoms with Gasteiger partial charge in [-0.2, -0.15) is 0 Å². The van der Waals surface area contributed by atoms with Crippen molar-refractivity contribution in [1.29, 1.82) is 0 Å². The van der Waals surface area contributed by atoms with Crippen LogP contribution < -0.4 is 5.32 Å². The Kier molecular flexibility index (Phi) is 4.59. The number of rotatable bonds is 2. The molecular weight excluding hydrogens is 378 g/mol. The summed E-state index contributed by atoms with van der Waals surface area (Å²) in [6.45, 7) is 2.16. The zero-order valence-electron chi connectivity index (χ0n) is 11.2. The van der Waals surface area contributed by atoms with Crippen LogP contribution in [0.4, 0.5) is 0 Å². The maximum absolute atomic E-state index is 3.54. The lowest BCUT2D eigenvalue weighted by molar-refractivity contribution is 0.404. The van der Waals surface area contributed by atoms with Crippen molar-refractivity contribution >= 4 is 31.9 Å². The van der Waals surface area contributed by atoms with Crippen molar-refractivity contribution in [1.82, 2.24) is 5.32 Å². The monoisotopic (exact) mass is 393 g/mol. The lowest BCUT2D eigenvalue weighted by Gasteiger charge is -2.33. The molecule has 2 aromatic carbocycles. The fourth-order valence-corrected chi connectivity index (χ4v) is 3.56. The van der Waals surface area contributed by atoms with Crippen molar-refractivity contribution in [2.24, 2.45) is 0 Å². The fourth-order valence-electron chi connectivity index (χ4n) is 3.03. The van der Waals surface area contributed by atoms with E-state index >= 15 is 0 Å². The van der Waals surface area contributed by atoms with Gasteiger partial charge in [-0.1, -0.05) is 56.1 Å². The summed E-state index contributed by atoms with van der Waals surface area (Å²) in [5, 5.41) is 3.54. The Bertz CT molecular complexity index is 509. The molecular formula is C17H17Br2N. The van der Waals surface area contributed by atoms with Gasteiger partial charge in [0.1, 0.15) is 0 Å². The second-order valence-electron chi connectivity index (χ2n) is 5.31. The molecule has 2 unspecified atom stereocenters. The minimum atomic E-state index is 0.554. The molecule has 1 aliphatic rings. The largest absolute Gasteiger partial charge is 0.316 e. The van der Waals surface area contributed by atoms with E-state index in [1.165, 1.54) is 17.5 Å². The number of benzene rings is 2. The van der Waals surface area contributed by atoms with E-state index in [0.29, 0.717) is 11.8 Å². The van der Waals surface area contributed by atoms with Gasteiger partial charge in [0.15, 0.2) is 0 Å². The Labute approximate surface area is 137 Å². The molecule has 0 amide bonds. The Balaban J connectivity index is 1.90. The predicted octanol–water partition coefficient (Wildman–Crippen LogP) is 5.07. The quantitative estimate of drug-likeness (QED) is 0.749. The van der Waals surface area contributed by atoms with Gasteiger partial charge in [0.05, 0.1) is 0 Å². The SMILES string of the molecule is Brc1ccc(C2CCNCC2c2ccc(Br)cc2)cc1. The van der Waals surface area contributed by atoms with Gasteiger partial charge >= 0.3 is 0 Å². The van der Waals surface area contributed by atoms with Gasteiger partial charge in [-0.25, -0.2) is 0 Å². The molecule has 2 atom stereocenters. The number of hydrogen-bond acceptors (Lipinski definition) is 1. The van der Waals surface area contributed by atoms with Gasteiger partial charge in [0.2, 0.25) is 0 Å². The summed E-state index contributed by atoms with van der Waals surface area (Å²) >= 11 is 7.04. The molecule has 0 radical (unpaired) electrons. The summed E-state index contributed by atoms with van der Waals surface area (Å²) in [4.78, 5) is 0. The van der Waals surface area contributed by atoms with Gasteiger partial charge in [-0.3, -0.25) is 0 Å². The van der Waals surface area contributed by atoms with E-state index in [1.807, 2.05) is 0 Å². The van der Waals surface area contributed by atoms with Crippen LogP contribution >= 0.6 is 31.9 Å². The zero-order chi connectivity index (χ0) is 13.9. The average Bonchev–Trinajstić information content (AvgIpc) is 2.49. The highest BCUT2D eigenvalue weighted by Crippen LogP contribution is 2.37. The van der Waals surface area contributed by atoms with Gasteiger partial charge in [0.25, 0.3) is 0 Å². The maximum atomic E-state index is 3.54. The standard InChI is InChI=1S/C17H17Br2N/c18-14-5-1-12(2-6-14)16-9-10-20-11-17(16)13-3-7-15(19)8-4-13/h1-8,16-17,20H,9-11H2. The van der Waals surface area contributed by atoms with Crippen molar-refractivity contribution in [3.8, 4) is 0 Å². The number of piperidine rings is 1. The highest BCUT2D eigenvalue weighted by atomic mass is 79.9. The Morgan fingerprint density at radius 2 is 1.25 bits per heavy atom. The molecule has 1 N–H and O–H groups in total. The molecule has 1 fully saturated rings. The van der Waals surface area contributed by atoms with Gasteiger partial charge in [-0.15, -0.1) is 0 Å².